The fraction of sp³-hybridized carbons (Fsp3) is 0.409. The third-order valence-electron chi connectivity index (χ3n) is 4.94. The fourth-order valence-corrected chi connectivity index (χ4v) is 4.73. The van der Waals surface area contributed by atoms with Crippen LogP contribution in [-0.4, -0.2) is 51.4 Å². The maximum atomic E-state index is 13.7. The lowest BCUT2D eigenvalue weighted by molar-refractivity contribution is -0.118. The third kappa shape index (κ3) is 5.95. The minimum atomic E-state index is -3.73. The molecule has 0 bridgehead atoms. The number of anilines is 2. The van der Waals surface area contributed by atoms with Crippen LogP contribution >= 0.6 is 0 Å². The van der Waals surface area contributed by atoms with E-state index in [9.17, 15) is 22.0 Å². The van der Waals surface area contributed by atoms with Crippen molar-refractivity contribution in [1.29, 1.82) is 0 Å². The maximum absolute atomic E-state index is 13.7. The average Bonchev–Trinajstić information content (AvgIpc) is 2.75. The van der Waals surface area contributed by atoms with Gasteiger partial charge in [0.2, 0.25) is 10.0 Å². The average molecular weight is 470 g/mol. The van der Waals surface area contributed by atoms with Gasteiger partial charge in [-0.15, -0.1) is 0 Å². The number of benzene rings is 2. The van der Waals surface area contributed by atoms with E-state index < -0.39 is 34.2 Å². The topological polar surface area (TPSA) is 79.0 Å². The second kappa shape index (κ2) is 11.2. The van der Waals surface area contributed by atoms with Gasteiger partial charge in [0.05, 0.1) is 16.3 Å². The molecule has 0 aliphatic carbocycles. The number of carbonyl (C=O) groups is 1. The predicted molar refractivity (Wildman–Crippen MR) is 121 cm³/mol. The van der Waals surface area contributed by atoms with Gasteiger partial charge in [-0.2, -0.15) is 4.31 Å². The fourth-order valence-electron chi connectivity index (χ4n) is 3.25. The summed E-state index contributed by atoms with van der Waals surface area (Å²) in [7, 11) is -3.73. The number of sulfonamides is 1. The molecule has 2 aromatic rings. The van der Waals surface area contributed by atoms with E-state index in [0.717, 1.165) is 12.1 Å². The quantitative estimate of drug-likeness (QED) is 0.541. The van der Waals surface area contributed by atoms with Crippen molar-refractivity contribution in [3.05, 3.63) is 48.0 Å². The highest BCUT2D eigenvalue weighted by atomic mass is 32.2. The highest BCUT2D eigenvalue weighted by molar-refractivity contribution is 7.89. The summed E-state index contributed by atoms with van der Waals surface area (Å²) in [6.45, 7) is 8.75. The lowest BCUT2D eigenvalue weighted by Gasteiger charge is -2.26. The normalized spacial score (nSPS) is 11.5. The number of nitrogens with zero attached hydrogens (tertiary/aromatic N) is 2. The molecule has 0 aliphatic rings. The van der Waals surface area contributed by atoms with Crippen molar-refractivity contribution in [2.75, 3.05) is 43.0 Å². The van der Waals surface area contributed by atoms with Crippen LogP contribution in [0.2, 0.25) is 0 Å². The first-order chi connectivity index (χ1) is 15.2. The molecule has 1 amide bonds. The molecule has 0 fully saturated rings. The van der Waals surface area contributed by atoms with E-state index in [4.69, 9.17) is 4.74 Å². The molecule has 0 radical (unpaired) electrons. The van der Waals surface area contributed by atoms with Crippen molar-refractivity contribution in [2.45, 2.75) is 32.6 Å². The summed E-state index contributed by atoms with van der Waals surface area (Å²) in [6.07, 6.45) is 0. The summed E-state index contributed by atoms with van der Waals surface area (Å²) >= 11 is 0. The first kappa shape index (κ1) is 25.5. The second-order valence-electron chi connectivity index (χ2n) is 6.85. The number of ether oxygens (including phenoxy) is 1. The van der Waals surface area contributed by atoms with Gasteiger partial charge >= 0.3 is 0 Å². The molecule has 0 heterocycles. The van der Waals surface area contributed by atoms with Crippen LogP contribution in [0.3, 0.4) is 0 Å². The minimum Gasteiger partial charge on any atom is -0.481 e. The molecule has 0 atom stereocenters. The van der Waals surface area contributed by atoms with E-state index >= 15 is 0 Å². The Morgan fingerprint density at radius 2 is 1.62 bits per heavy atom. The first-order valence-electron chi connectivity index (χ1n) is 10.4. The van der Waals surface area contributed by atoms with E-state index in [1.54, 1.807) is 19.9 Å². The van der Waals surface area contributed by atoms with E-state index in [2.05, 4.69) is 5.32 Å². The SMILES string of the molecule is CCN(CC)c1ccc(S(=O)(=O)N(CC)CC)cc1NC(=O)COc1ccc(F)cc1F. The lowest BCUT2D eigenvalue weighted by atomic mass is 10.2. The smallest absolute Gasteiger partial charge is 0.262 e. The maximum Gasteiger partial charge on any atom is 0.262 e. The van der Waals surface area contributed by atoms with Gasteiger partial charge in [0.25, 0.3) is 5.91 Å². The highest BCUT2D eigenvalue weighted by Gasteiger charge is 2.24. The number of hydrogen-bond donors (Lipinski definition) is 1. The van der Waals surface area contributed by atoms with Crippen molar-refractivity contribution in [3.8, 4) is 5.75 Å². The van der Waals surface area contributed by atoms with Crippen LogP contribution in [0.4, 0.5) is 20.2 Å². The molecule has 1 N–H and O–H groups in total. The van der Waals surface area contributed by atoms with Crippen LogP contribution in [0.1, 0.15) is 27.7 Å². The summed E-state index contributed by atoms with van der Waals surface area (Å²) < 4.78 is 59.1. The molecule has 0 unspecified atom stereocenters. The molecular weight excluding hydrogens is 440 g/mol. The molecule has 0 saturated heterocycles. The van der Waals surface area contributed by atoms with Crippen molar-refractivity contribution in [3.63, 3.8) is 0 Å². The second-order valence-corrected chi connectivity index (χ2v) is 8.79. The molecule has 10 heteroatoms. The standard InChI is InChI=1S/C22H29F2N3O4S/c1-5-26(6-2)20-11-10-17(32(29,30)27(7-3)8-4)14-19(20)25-22(28)15-31-21-12-9-16(23)13-18(21)24/h9-14H,5-8,15H2,1-4H3,(H,25,28). The van der Waals surface area contributed by atoms with E-state index in [-0.39, 0.29) is 10.6 Å². The van der Waals surface area contributed by atoms with Crippen molar-refractivity contribution >= 4 is 27.3 Å². The Hall–Kier alpha value is -2.72. The van der Waals surface area contributed by atoms with Gasteiger partial charge in [-0.3, -0.25) is 4.79 Å². The van der Waals surface area contributed by atoms with Crippen molar-refractivity contribution in [2.24, 2.45) is 0 Å². The zero-order chi connectivity index (χ0) is 23.9. The Kier molecular flexibility index (Phi) is 8.97. The summed E-state index contributed by atoms with van der Waals surface area (Å²) in [5.74, 6) is -2.55. The molecular formula is C22H29F2N3O4S. The van der Waals surface area contributed by atoms with Gasteiger partial charge in [0.15, 0.2) is 18.2 Å². The molecule has 2 rings (SSSR count). The number of carbonyl (C=O) groups excluding carboxylic acids is 1. The largest absolute Gasteiger partial charge is 0.481 e. The van der Waals surface area contributed by atoms with Crippen LogP contribution in [0.15, 0.2) is 41.3 Å². The molecule has 32 heavy (non-hydrogen) atoms. The van der Waals surface area contributed by atoms with Crippen LogP contribution in [0.5, 0.6) is 5.75 Å². The van der Waals surface area contributed by atoms with Crippen LogP contribution in [-0.2, 0) is 14.8 Å². The van der Waals surface area contributed by atoms with Gasteiger partial charge < -0.3 is 15.0 Å². The summed E-state index contributed by atoms with van der Waals surface area (Å²) in [5.41, 5.74) is 0.949. The molecule has 7 nitrogen and oxygen atoms in total. The molecule has 176 valence electrons. The molecule has 0 aliphatic heterocycles. The van der Waals surface area contributed by atoms with Gasteiger partial charge in [0, 0.05) is 32.2 Å². The molecule has 0 spiro atoms. The van der Waals surface area contributed by atoms with E-state index in [1.165, 1.54) is 16.4 Å². The molecule has 2 aromatic carbocycles. The third-order valence-corrected chi connectivity index (χ3v) is 6.99. The lowest BCUT2D eigenvalue weighted by Crippen LogP contribution is -2.31. The number of rotatable bonds is 11. The predicted octanol–water partition coefficient (Wildman–Crippen LogP) is 3.86. The zero-order valence-electron chi connectivity index (χ0n) is 18.7. The Balaban J connectivity index is 2.32. The number of hydrogen-bond acceptors (Lipinski definition) is 5. The Morgan fingerprint density at radius 1 is 0.969 bits per heavy atom. The Bertz CT molecular complexity index is 1040. The molecule has 0 aromatic heterocycles. The monoisotopic (exact) mass is 469 g/mol. The zero-order valence-corrected chi connectivity index (χ0v) is 19.5. The number of amides is 1. The van der Waals surface area contributed by atoms with Gasteiger partial charge in [0.1, 0.15) is 5.82 Å². The minimum absolute atomic E-state index is 0.0536. The Labute approximate surface area is 188 Å². The van der Waals surface area contributed by atoms with Crippen LogP contribution in [0, 0.1) is 11.6 Å². The van der Waals surface area contributed by atoms with Crippen LogP contribution in [0.25, 0.3) is 0 Å². The van der Waals surface area contributed by atoms with Gasteiger partial charge in [-0.05, 0) is 44.2 Å². The van der Waals surface area contributed by atoms with E-state index in [1.807, 2.05) is 18.7 Å². The van der Waals surface area contributed by atoms with Crippen molar-refractivity contribution < 1.29 is 26.7 Å². The summed E-state index contributed by atoms with van der Waals surface area (Å²) in [6, 6.07) is 7.36. The summed E-state index contributed by atoms with van der Waals surface area (Å²) in [4.78, 5) is 14.5. The van der Waals surface area contributed by atoms with Gasteiger partial charge in [-0.25, -0.2) is 17.2 Å². The summed E-state index contributed by atoms with van der Waals surface area (Å²) in [5, 5.41) is 2.66. The van der Waals surface area contributed by atoms with Crippen molar-refractivity contribution in [1.82, 2.24) is 4.31 Å². The van der Waals surface area contributed by atoms with Gasteiger partial charge in [-0.1, -0.05) is 13.8 Å². The van der Waals surface area contributed by atoms with Crippen LogP contribution < -0.4 is 15.0 Å². The molecule has 0 saturated carbocycles. The van der Waals surface area contributed by atoms with E-state index in [0.29, 0.717) is 43.6 Å². The Morgan fingerprint density at radius 3 is 2.19 bits per heavy atom. The highest BCUT2D eigenvalue weighted by Crippen LogP contribution is 2.30. The number of nitrogens with one attached hydrogen (secondary N) is 1. The number of halogens is 2. The first-order valence-corrected chi connectivity index (χ1v) is 11.9.